The van der Waals surface area contributed by atoms with E-state index in [0.717, 1.165) is 11.0 Å². The second-order valence-electron chi connectivity index (χ2n) is 3.95. The summed E-state index contributed by atoms with van der Waals surface area (Å²) in [5, 5.41) is 0. The normalized spacial score (nSPS) is 11.9. The average Bonchev–Trinajstić information content (AvgIpc) is 2.17. The monoisotopic (exact) mass is 280 g/mol. The Labute approximate surface area is 107 Å². The number of hydrogen-bond acceptors (Lipinski definition) is 2. The zero-order valence-electron chi connectivity index (χ0n) is 9.59. The molecular weight excluding hydrogens is 268 g/mol. The molecule has 0 aliphatic heterocycles. The molecule has 2 N–H and O–H groups in total. The molecule has 0 heterocycles. The molecule has 0 bridgehead atoms. The second kappa shape index (κ2) is 5.62. The maximum atomic E-state index is 13.0. The number of rotatable bonds is 4. The summed E-state index contributed by atoms with van der Waals surface area (Å²) in [5.74, 6) is -0.528. The van der Waals surface area contributed by atoms with Crippen LogP contribution in [0.4, 0.5) is 17.6 Å². The van der Waals surface area contributed by atoms with Gasteiger partial charge in [0.2, 0.25) is 0 Å². The maximum Gasteiger partial charge on any atom is 0.401 e. The molecule has 18 heavy (non-hydrogen) atoms. The number of nitrogens with two attached hydrogens (primary N) is 1. The predicted octanol–water partition coefficient (Wildman–Crippen LogP) is 2.45. The van der Waals surface area contributed by atoms with E-state index in [-0.39, 0.29) is 17.1 Å². The van der Waals surface area contributed by atoms with Crippen LogP contribution in [-0.2, 0) is 6.54 Å². The largest absolute Gasteiger partial charge is 0.401 e. The minimum atomic E-state index is -4.28. The SMILES string of the molecule is CN(Cc1ccc(F)cc1C(N)=S)CC(F)(F)F. The van der Waals surface area contributed by atoms with Crippen LogP contribution < -0.4 is 5.73 Å². The van der Waals surface area contributed by atoms with E-state index in [1.807, 2.05) is 0 Å². The Balaban J connectivity index is 2.87. The van der Waals surface area contributed by atoms with Gasteiger partial charge in [0.15, 0.2) is 0 Å². The molecule has 0 saturated carbocycles. The minimum absolute atomic E-state index is 0.00748. The molecule has 1 rings (SSSR count). The Bertz CT molecular complexity index is 445. The van der Waals surface area contributed by atoms with Crippen LogP contribution in [0.1, 0.15) is 11.1 Å². The first-order valence-corrected chi connectivity index (χ1v) is 5.43. The first kappa shape index (κ1) is 14.8. The highest BCUT2D eigenvalue weighted by Gasteiger charge is 2.29. The van der Waals surface area contributed by atoms with E-state index < -0.39 is 18.5 Å². The van der Waals surface area contributed by atoms with Crippen molar-refractivity contribution < 1.29 is 17.6 Å². The van der Waals surface area contributed by atoms with Crippen molar-refractivity contribution in [2.75, 3.05) is 13.6 Å². The van der Waals surface area contributed by atoms with Crippen LogP contribution in [0.3, 0.4) is 0 Å². The van der Waals surface area contributed by atoms with E-state index in [1.165, 1.54) is 19.2 Å². The molecule has 0 fully saturated rings. The molecule has 100 valence electrons. The fraction of sp³-hybridized carbons (Fsp3) is 0.364. The number of thiocarbonyl (C=S) groups is 1. The first-order chi connectivity index (χ1) is 8.19. The van der Waals surface area contributed by atoms with Crippen LogP contribution in [0, 0.1) is 5.82 Å². The van der Waals surface area contributed by atoms with Gasteiger partial charge in [0.25, 0.3) is 0 Å². The van der Waals surface area contributed by atoms with Gasteiger partial charge < -0.3 is 5.73 Å². The number of nitrogens with zero attached hydrogens (tertiary/aromatic N) is 1. The van der Waals surface area contributed by atoms with Crippen molar-refractivity contribution >= 4 is 17.2 Å². The van der Waals surface area contributed by atoms with Gasteiger partial charge >= 0.3 is 6.18 Å². The number of hydrogen-bond donors (Lipinski definition) is 1. The Morgan fingerprint density at radius 2 is 2.00 bits per heavy atom. The zero-order valence-corrected chi connectivity index (χ0v) is 10.4. The third-order valence-electron chi connectivity index (χ3n) is 2.23. The number of benzene rings is 1. The van der Waals surface area contributed by atoms with Crippen molar-refractivity contribution in [3.8, 4) is 0 Å². The third-order valence-corrected chi connectivity index (χ3v) is 2.45. The molecule has 0 radical (unpaired) electrons. The van der Waals surface area contributed by atoms with Crippen molar-refractivity contribution in [2.24, 2.45) is 5.73 Å². The molecule has 1 aromatic carbocycles. The zero-order chi connectivity index (χ0) is 13.9. The van der Waals surface area contributed by atoms with Crippen molar-refractivity contribution in [2.45, 2.75) is 12.7 Å². The quantitative estimate of drug-likeness (QED) is 0.678. The lowest BCUT2D eigenvalue weighted by molar-refractivity contribution is -0.144. The van der Waals surface area contributed by atoms with E-state index in [0.29, 0.717) is 5.56 Å². The van der Waals surface area contributed by atoms with Crippen LogP contribution >= 0.6 is 12.2 Å². The van der Waals surface area contributed by atoms with Crippen molar-refractivity contribution in [3.63, 3.8) is 0 Å². The van der Waals surface area contributed by atoms with Crippen LogP contribution in [0.25, 0.3) is 0 Å². The van der Waals surface area contributed by atoms with Gasteiger partial charge in [-0.05, 0) is 24.7 Å². The third kappa shape index (κ3) is 4.58. The van der Waals surface area contributed by atoms with Gasteiger partial charge in [-0.25, -0.2) is 4.39 Å². The fourth-order valence-corrected chi connectivity index (χ4v) is 1.76. The standard InChI is InChI=1S/C11H12F4N2S/c1-17(6-11(13,14)15)5-7-2-3-8(12)4-9(7)10(16)18/h2-4H,5-6H2,1H3,(H2,16,18). The van der Waals surface area contributed by atoms with Gasteiger partial charge in [0.1, 0.15) is 10.8 Å². The molecule has 0 unspecified atom stereocenters. The Kier molecular flexibility index (Phi) is 4.64. The topological polar surface area (TPSA) is 29.3 Å². The summed E-state index contributed by atoms with van der Waals surface area (Å²) in [6.45, 7) is -1.06. The Hall–Kier alpha value is -1.21. The van der Waals surface area contributed by atoms with Crippen LogP contribution in [0.5, 0.6) is 0 Å². The van der Waals surface area contributed by atoms with E-state index >= 15 is 0 Å². The Morgan fingerprint density at radius 3 is 2.50 bits per heavy atom. The van der Waals surface area contributed by atoms with Crippen LogP contribution in [0.15, 0.2) is 18.2 Å². The van der Waals surface area contributed by atoms with Crippen molar-refractivity contribution in [3.05, 3.63) is 35.1 Å². The van der Waals surface area contributed by atoms with E-state index in [2.05, 4.69) is 0 Å². The summed E-state index contributed by atoms with van der Waals surface area (Å²) < 4.78 is 49.5. The summed E-state index contributed by atoms with van der Waals surface area (Å²) >= 11 is 4.74. The molecule has 0 spiro atoms. The first-order valence-electron chi connectivity index (χ1n) is 5.02. The Morgan fingerprint density at radius 1 is 1.39 bits per heavy atom. The number of alkyl halides is 3. The molecule has 0 atom stereocenters. The summed E-state index contributed by atoms with van der Waals surface area (Å²) in [7, 11) is 1.32. The van der Waals surface area contributed by atoms with E-state index in [1.54, 1.807) is 0 Å². The number of halogens is 4. The molecule has 7 heteroatoms. The molecule has 2 nitrogen and oxygen atoms in total. The lowest BCUT2D eigenvalue weighted by Crippen LogP contribution is -2.31. The molecule has 1 aromatic rings. The fourth-order valence-electron chi connectivity index (χ4n) is 1.57. The minimum Gasteiger partial charge on any atom is -0.389 e. The molecule has 0 aliphatic carbocycles. The summed E-state index contributed by atoms with van der Waals surface area (Å²) in [4.78, 5) is 1.03. The molecular formula is C11H12F4N2S. The molecule has 0 amide bonds. The van der Waals surface area contributed by atoms with Crippen LogP contribution in [0.2, 0.25) is 0 Å². The lowest BCUT2D eigenvalue weighted by Gasteiger charge is -2.20. The van der Waals surface area contributed by atoms with Crippen molar-refractivity contribution in [1.29, 1.82) is 0 Å². The van der Waals surface area contributed by atoms with Crippen LogP contribution in [-0.4, -0.2) is 29.7 Å². The van der Waals surface area contributed by atoms with Gasteiger partial charge in [-0.3, -0.25) is 4.90 Å². The molecule has 0 saturated heterocycles. The lowest BCUT2D eigenvalue weighted by atomic mass is 10.1. The highest BCUT2D eigenvalue weighted by Crippen LogP contribution is 2.18. The van der Waals surface area contributed by atoms with Gasteiger partial charge in [0, 0.05) is 12.1 Å². The maximum absolute atomic E-state index is 13.0. The highest BCUT2D eigenvalue weighted by atomic mass is 32.1. The average molecular weight is 280 g/mol. The van der Waals surface area contributed by atoms with Gasteiger partial charge in [-0.1, -0.05) is 18.3 Å². The summed E-state index contributed by atoms with van der Waals surface area (Å²) in [6.07, 6.45) is -4.28. The predicted molar refractivity (Wildman–Crippen MR) is 64.7 cm³/mol. The molecule has 0 aliphatic rings. The smallest absolute Gasteiger partial charge is 0.389 e. The van der Waals surface area contributed by atoms with Gasteiger partial charge in [-0.2, -0.15) is 13.2 Å². The van der Waals surface area contributed by atoms with E-state index in [9.17, 15) is 17.6 Å². The van der Waals surface area contributed by atoms with Gasteiger partial charge in [-0.15, -0.1) is 0 Å². The molecule has 0 aromatic heterocycles. The highest BCUT2D eigenvalue weighted by molar-refractivity contribution is 7.80. The van der Waals surface area contributed by atoms with Gasteiger partial charge in [0.05, 0.1) is 6.54 Å². The summed E-state index contributed by atoms with van der Waals surface area (Å²) in [5.41, 5.74) is 6.14. The second-order valence-corrected chi connectivity index (χ2v) is 4.39. The van der Waals surface area contributed by atoms with Crippen molar-refractivity contribution in [1.82, 2.24) is 4.90 Å². The summed E-state index contributed by atoms with van der Waals surface area (Å²) in [6, 6.07) is 3.67. The van der Waals surface area contributed by atoms with E-state index in [4.69, 9.17) is 18.0 Å².